The van der Waals surface area contributed by atoms with Crippen molar-refractivity contribution in [3.05, 3.63) is 76.6 Å². The molecule has 7 nitrogen and oxygen atoms in total. The summed E-state index contributed by atoms with van der Waals surface area (Å²) in [6, 6.07) is 14.8. The Bertz CT molecular complexity index is 1150. The number of fused-ring (bicyclic) bond motifs is 1. The van der Waals surface area contributed by atoms with E-state index in [1.807, 2.05) is 61.2 Å². The van der Waals surface area contributed by atoms with Crippen molar-refractivity contribution >= 4 is 11.7 Å². The number of ether oxygens (including phenoxy) is 1. The highest BCUT2D eigenvalue weighted by Gasteiger charge is 2.24. The lowest BCUT2D eigenvalue weighted by molar-refractivity contribution is 0.247. The number of anilines is 1. The fraction of sp³-hybridized carbons (Fsp3) is 0.292. The average Bonchev–Trinajstić information content (AvgIpc) is 3.16. The molecular weight excluding hydrogens is 390 g/mol. The topological polar surface area (TPSA) is 92.0 Å². The molecule has 1 heterocycles. The summed E-state index contributed by atoms with van der Waals surface area (Å²) in [5.74, 6) is 0.707. The van der Waals surface area contributed by atoms with Gasteiger partial charge in [0.1, 0.15) is 12.4 Å². The maximum absolute atomic E-state index is 12.6. The third-order valence-electron chi connectivity index (χ3n) is 5.59. The Morgan fingerprint density at radius 1 is 1.32 bits per heavy atom. The molecule has 0 aliphatic heterocycles. The Kier molecular flexibility index (Phi) is 5.89. The van der Waals surface area contributed by atoms with Gasteiger partial charge in [-0.15, -0.1) is 0 Å². The molecule has 0 saturated carbocycles. The van der Waals surface area contributed by atoms with Crippen LogP contribution in [-0.2, 0) is 20.1 Å². The number of hydrogen-bond donors (Lipinski definition) is 2. The quantitative estimate of drug-likeness (QED) is 0.647. The van der Waals surface area contributed by atoms with Gasteiger partial charge in [-0.25, -0.2) is 4.79 Å². The Labute approximate surface area is 181 Å². The van der Waals surface area contributed by atoms with Gasteiger partial charge in [-0.2, -0.15) is 10.4 Å². The van der Waals surface area contributed by atoms with Crippen molar-refractivity contribution < 1.29 is 9.53 Å². The first-order valence-corrected chi connectivity index (χ1v) is 10.3. The molecule has 158 valence electrons. The lowest BCUT2D eigenvalue weighted by Gasteiger charge is -2.24. The summed E-state index contributed by atoms with van der Waals surface area (Å²) >= 11 is 0. The van der Waals surface area contributed by atoms with Crippen LogP contribution in [0.25, 0.3) is 0 Å². The molecule has 1 aliphatic rings. The van der Waals surface area contributed by atoms with E-state index in [-0.39, 0.29) is 12.1 Å². The summed E-state index contributed by atoms with van der Waals surface area (Å²) in [6.07, 6.45) is 4.78. The van der Waals surface area contributed by atoms with Crippen molar-refractivity contribution in [2.24, 2.45) is 7.05 Å². The standard InChI is InChI=1S/C24H25N5O2/c1-16-11-19(31-15-18-6-3-5-17(12-18)13-25)9-10-21(16)27-24(30)28-22-7-4-8-23-20(22)14-26-29(23)2/h3,5-6,9-12,14,22H,4,7-8,15H2,1-2H3,(H2,27,28,30). The van der Waals surface area contributed by atoms with Gasteiger partial charge in [-0.05, 0) is 67.6 Å². The maximum atomic E-state index is 12.6. The minimum atomic E-state index is -0.230. The van der Waals surface area contributed by atoms with Crippen molar-refractivity contribution in [1.82, 2.24) is 15.1 Å². The highest BCUT2D eigenvalue weighted by atomic mass is 16.5. The molecule has 0 spiro atoms. The van der Waals surface area contributed by atoms with Crippen LogP contribution in [0.5, 0.6) is 5.75 Å². The number of hydrogen-bond acceptors (Lipinski definition) is 4. The second-order valence-electron chi connectivity index (χ2n) is 7.79. The lowest BCUT2D eigenvalue weighted by Crippen LogP contribution is -2.34. The van der Waals surface area contributed by atoms with Crippen molar-refractivity contribution in [3.63, 3.8) is 0 Å². The monoisotopic (exact) mass is 415 g/mol. The maximum Gasteiger partial charge on any atom is 0.319 e. The molecule has 31 heavy (non-hydrogen) atoms. The van der Waals surface area contributed by atoms with Gasteiger partial charge in [-0.1, -0.05) is 12.1 Å². The fourth-order valence-electron chi connectivity index (χ4n) is 3.94. The van der Waals surface area contributed by atoms with Gasteiger partial charge in [0.25, 0.3) is 0 Å². The Hall–Kier alpha value is -3.79. The number of rotatable bonds is 5. The first-order chi connectivity index (χ1) is 15.0. The van der Waals surface area contributed by atoms with Crippen molar-refractivity contribution in [2.45, 2.75) is 38.8 Å². The van der Waals surface area contributed by atoms with Crippen molar-refractivity contribution in [1.29, 1.82) is 5.26 Å². The van der Waals surface area contributed by atoms with E-state index in [9.17, 15) is 4.79 Å². The molecule has 3 aromatic rings. The first kappa shape index (κ1) is 20.5. The number of carbonyl (C=O) groups excluding carboxylic acids is 1. The molecule has 1 unspecified atom stereocenters. The number of carbonyl (C=O) groups is 1. The third-order valence-corrected chi connectivity index (χ3v) is 5.59. The van der Waals surface area contributed by atoms with Crippen LogP contribution < -0.4 is 15.4 Å². The van der Waals surface area contributed by atoms with Gasteiger partial charge in [0.2, 0.25) is 0 Å². The van der Waals surface area contributed by atoms with Crippen LogP contribution in [-0.4, -0.2) is 15.8 Å². The smallest absolute Gasteiger partial charge is 0.319 e. The van der Waals surface area contributed by atoms with E-state index in [2.05, 4.69) is 21.8 Å². The summed E-state index contributed by atoms with van der Waals surface area (Å²) in [7, 11) is 1.94. The summed E-state index contributed by atoms with van der Waals surface area (Å²) in [6.45, 7) is 2.30. The molecule has 2 aromatic carbocycles. The number of urea groups is 1. The predicted octanol–water partition coefficient (Wildman–Crippen LogP) is 4.38. The van der Waals surface area contributed by atoms with Crippen LogP contribution in [0, 0.1) is 18.3 Å². The molecule has 1 aromatic heterocycles. The van der Waals surface area contributed by atoms with E-state index in [0.717, 1.165) is 41.6 Å². The number of amides is 2. The minimum absolute atomic E-state index is 0.0236. The van der Waals surface area contributed by atoms with E-state index < -0.39 is 0 Å². The van der Waals surface area contributed by atoms with E-state index in [0.29, 0.717) is 17.9 Å². The molecule has 0 bridgehead atoms. The summed E-state index contributed by atoms with van der Waals surface area (Å²) in [5, 5.41) is 19.3. The number of nitrogens with one attached hydrogen (secondary N) is 2. The second kappa shape index (κ2) is 8.92. The van der Waals surface area contributed by atoms with Crippen LogP contribution in [0.3, 0.4) is 0 Å². The zero-order chi connectivity index (χ0) is 21.8. The summed E-state index contributed by atoms with van der Waals surface area (Å²) < 4.78 is 7.74. The van der Waals surface area contributed by atoms with Crippen LogP contribution in [0.15, 0.2) is 48.7 Å². The van der Waals surface area contributed by atoms with E-state index in [1.54, 1.807) is 6.07 Å². The first-order valence-electron chi connectivity index (χ1n) is 10.3. The van der Waals surface area contributed by atoms with E-state index in [4.69, 9.17) is 10.00 Å². The zero-order valence-corrected chi connectivity index (χ0v) is 17.7. The Morgan fingerprint density at radius 2 is 2.19 bits per heavy atom. The highest BCUT2D eigenvalue weighted by Crippen LogP contribution is 2.29. The van der Waals surface area contributed by atoms with Gasteiger partial charge in [0.15, 0.2) is 0 Å². The van der Waals surface area contributed by atoms with E-state index in [1.165, 1.54) is 5.69 Å². The van der Waals surface area contributed by atoms with Gasteiger partial charge in [-0.3, -0.25) is 4.68 Å². The SMILES string of the molecule is Cc1cc(OCc2cccc(C#N)c2)ccc1NC(=O)NC1CCCc2c1cnn2C. The minimum Gasteiger partial charge on any atom is -0.489 e. The molecule has 4 rings (SSSR count). The fourth-order valence-corrected chi connectivity index (χ4v) is 3.94. The lowest BCUT2D eigenvalue weighted by atomic mass is 9.93. The number of nitriles is 1. The second-order valence-corrected chi connectivity index (χ2v) is 7.79. The molecule has 1 aliphatic carbocycles. The number of aromatic nitrogens is 2. The molecular formula is C24H25N5O2. The molecule has 0 fully saturated rings. The normalized spacial score (nSPS) is 14.9. The molecule has 0 saturated heterocycles. The molecule has 1 atom stereocenters. The van der Waals surface area contributed by atoms with E-state index >= 15 is 0 Å². The molecule has 0 radical (unpaired) electrons. The van der Waals surface area contributed by atoms with Gasteiger partial charge in [0, 0.05) is 24.0 Å². The summed E-state index contributed by atoms with van der Waals surface area (Å²) in [4.78, 5) is 12.6. The van der Waals surface area contributed by atoms with Gasteiger partial charge < -0.3 is 15.4 Å². The van der Waals surface area contributed by atoms with Crippen molar-refractivity contribution in [2.75, 3.05) is 5.32 Å². The predicted molar refractivity (Wildman–Crippen MR) is 118 cm³/mol. The molecule has 2 amide bonds. The average molecular weight is 415 g/mol. The van der Waals surface area contributed by atoms with Crippen LogP contribution in [0.1, 0.15) is 46.8 Å². The summed E-state index contributed by atoms with van der Waals surface area (Å²) in [5.41, 5.74) is 5.47. The number of nitrogens with zero attached hydrogens (tertiary/aromatic N) is 3. The van der Waals surface area contributed by atoms with Crippen molar-refractivity contribution in [3.8, 4) is 11.8 Å². The number of benzene rings is 2. The third kappa shape index (κ3) is 4.69. The van der Waals surface area contributed by atoms with Crippen LogP contribution in [0.2, 0.25) is 0 Å². The van der Waals surface area contributed by atoms with Gasteiger partial charge >= 0.3 is 6.03 Å². The zero-order valence-electron chi connectivity index (χ0n) is 17.7. The van der Waals surface area contributed by atoms with Crippen LogP contribution >= 0.6 is 0 Å². The largest absolute Gasteiger partial charge is 0.489 e. The van der Waals surface area contributed by atoms with Gasteiger partial charge in [0.05, 0.1) is 23.9 Å². The number of aryl methyl sites for hydroxylation is 2. The molecule has 2 N–H and O–H groups in total. The Morgan fingerprint density at radius 3 is 3.00 bits per heavy atom. The Balaban J connectivity index is 1.36. The van der Waals surface area contributed by atoms with Crippen LogP contribution in [0.4, 0.5) is 10.5 Å². The molecule has 7 heteroatoms. The highest BCUT2D eigenvalue weighted by molar-refractivity contribution is 5.90.